The van der Waals surface area contributed by atoms with E-state index in [9.17, 15) is 0 Å². The molecule has 1 unspecified atom stereocenters. The molecule has 0 aliphatic rings. The molecular weight excluding hydrogens is 246 g/mol. The van der Waals surface area contributed by atoms with E-state index in [0.717, 1.165) is 23.4 Å². The van der Waals surface area contributed by atoms with Gasteiger partial charge in [0.25, 0.3) is 0 Å². The molecule has 0 radical (unpaired) electrons. The molecule has 3 rings (SSSR count). The zero-order chi connectivity index (χ0) is 12.4. The molecule has 3 aromatic rings. The summed E-state index contributed by atoms with van der Waals surface area (Å²) in [5, 5.41) is 3.27. The monoisotopic (exact) mass is 259 g/mol. The lowest BCUT2D eigenvalue weighted by atomic mass is 10.2. The Balaban J connectivity index is 1.86. The normalized spacial score (nSPS) is 12.9. The van der Waals surface area contributed by atoms with Crippen molar-refractivity contribution in [2.75, 3.05) is 7.05 Å². The third-order valence-electron chi connectivity index (χ3n) is 2.86. The van der Waals surface area contributed by atoms with Gasteiger partial charge in [-0.05, 0) is 19.2 Å². The lowest BCUT2D eigenvalue weighted by molar-refractivity contribution is 0.477. The number of hydrogen-bond donors (Lipinski definition) is 1. The molecule has 1 atom stereocenters. The molecular formula is C13H13N3OS. The highest BCUT2D eigenvalue weighted by atomic mass is 32.1. The summed E-state index contributed by atoms with van der Waals surface area (Å²) >= 11 is 1.64. The van der Waals surface area contributed by atoms with Crippen LogP contribution in [0.5, 0.6) is 0 Å². The van der Waals surface area contributed by atoms with Crippen LogP contribution >= 0.6 is 11.3 Å². The van der Waals surface area contributed by atoms with Gasteiger partial charge in [-0.25, -0.2) is 4.98 Å². The van der Waals surface area contributed by atoms with Crippen LogP contribution in [-0.2, 0) is 6.42 Å². The lowest BCUT2D eigenvalue weighted by Gasteiger charge is -2.10. The summed E-state index contributed by atoms with van der Waals surface area (Å²) in [4.78, 5) is 9.79. The van der Waals surface area contributed by atoms with Gasteiger partial charge in [0, 0.05) is 17.5 Å². The van der Waals surface area contributed by atoms with E-state index in [4.69, 9.17) is 4.42 Å². The molecule has 0 aliphatic carbocycles. The summed E-state index contributed by atoms with van der Waals surface area (Å²) in [7, 11) is 1.94. The number of rotatable bonds is 4. The summed E-state index contributed by atoms with van der Waals surface area (Å²) in [5.41, 5.74) is 3.59. The van der Waals surface area contributed by atoms with Crippen LogP contribution in [0.4, 0.5) is 0 Å². The zero-order valence-electron chi connectivity index (χ0n) is 9.96. The Bertz CT molecular complexity index is 600. The molecule has 0 bridgehead atoms. The van der Waals surface area contributed by atoms with Crippen molar-refractivity contribution in [2.24, 2.45) is 0 Å². The summed E-state index contributed by atoms with van der Waals surface area (Å²) in [6.45, 7) is 0. The van der Waals surface area contributed by atoms with E-state index in [1.165, 1.54) is 4.88 Å². The first kappa shape index (κ1) is 11.4. The highest BCUT2D eigenvalue weighted by Gasteiger charge is 2.15. The Labute approximate surface area is 109 Å². The van der Waals surface area contributed by atoms with Gasteiger partial charge in [0.2, 0.25) is 0 Å². The number of oxazole rings is 1. The topological polar surface area (TPSA) is 51.0 Å². The van der Waals surface area contributed by atoms with Crippen LogP contribution in [0.25, 0.3) is 11.1 Å². The maximum absolute atomic E-state index is 5.73. The van der Waals surface area contributed by atoms with Gasteiger partial charge in [-0.1, -0.05) is 12.1 Å². The van der Waals surface area contributed by atoms with Gasteiger partial charge in [-0.2, -0.15) is 0 Å². The fourth-order valence-electron chi connectivity index (χ4n) is 1.92. The van der Waals surface area contributed by atoms with Gasteiger partial charge >= 0.3 is 0 Å². The van der Waals surface area contributed by atoms with Crippen LogP contribution in [0.2, 0.25) is 0 Å². The summed E-state index contributed by atoms with van der Waals surface area (Å²) in [5.74, 6) is 0.754. The van der Waals surface area contributed by atoms with E-state index in [2.05, 4.69) is 15.3 Å². The average Bonchev–Trinajstić information content (AvgIpc) is 3.04. The van der Waals surface area contributed by atoms with Crippen molar-refractivity contribution in [3.05, 3.63) is 46.7 Å². The third-order valence-corrected chi connectivity index (χ3v) is 3.75. The minimum atomic E-state index is 0.200. The second kappa shape index (κ2) is 4.88. The molecule has 0 fully saturated rings. The molecule has 0 amide bonds. The van der Waals surface area contributed by atoms with Crippen LogP contribution in [0.3, 0.4) is 0 Å². The molecule has 5 heteroatoms. The Kier molecular flexibility index (Phi) is 3.08. The molecule has 18 heavy (non-hydrogen) atoms. The summed E-state index contributed by atoms with van der Waals surface area (Å²) < 4.78 is 5.73. The van der Waals surface area contributed by atoms with Gasteiger partial charge in [0.1, 0.15) is 5.52 Å². The number of benzene rings is 1. The van der Waals surface area contributed by atoms with Crippen LogP contribution in [0, 0.1) is 0 Å². The van der Waals surface area contributed by atoms with Gasteiger partial charge in [0.15, 0.2) is 11.5 Å². The predicted molar refractivity (Wildman–Crippen MR) is 71.6 cm³/mol. The minimum absolute atomic E-state index is 0.200. The van der Waals surface area contributed by atoms with Crippen molar-refractivity contribution in [3.63, 3.8) is 0 Å². The molecule has 1 aromatic carbocycles. The number of thiazole rings is 1. The van der Waals surface area contributed by atoms with Crippen LogP contribution in [-0.4, -0.2) is 17.0 Å². The predicted octanol–water partition coefficient (Wildman–Crippen LogP) is 2.79. The number of para-hydroxylation sites is 2. The standard InChI is InChI=1S/C13H13N3OS/c1-14-10(12-7-15-8-18-12)6-13-16-9-4-2-3-5-11(9)17-13/h2-5,7-8,10,14H,6H2,1H3. The van der Waals surface area contributed by atoms with Crippen molar-refractivity contribution in [1.29, 1.82) is 0 Å². The molecule has 0 saturated heterocycles. The van der Waals surface area contributed by atoms with Crippen LogP contribution in [0.15, 0.2) is 40.4 Å². The fraction of sp³-hybridized carbons (Fsp3) is 0.231. The number of nitrogens with zero attached hydrogens (tertiary/aromatic N) is 2. The SMILES string of the molecule is CNC(Cc1nc2ccccc2o1)c1cncs1. The molecule has 1 N–H and O–H groups in total. The van der Waals surface area contributed by atoms with Crippen LogP contribution in [0.1, 0.15) is 16.8 Å². The van der Waals surface area contributed by atoms with Gasteiger partial charge in [-0.15, -0.1) is 11.3 Å². The van der Waals surface area contributed by atoms with Crippen LogP contribution < -0.4 is 5.32 Å². The lowest BCUT2D eigenvalue weighted by Crippen LogP contribution is -2.17. The molecule has 4 nitrogen and oxygen atoms in total. The molecule has 2 aromatic heterocycles. The Hall–Kier alpha value is -1.72. The first-order valence-corrected chi connectivity index (χ1v) is 6.65. The fourth-order valence-corrected chi connectivity index (χ4v) is 2.66. The van der Waals surface area contributed by atoms with E-state index in [1.807, 2.05) is 43.0 Å². The van der Waals surface area contributed by atoms with Crippen molar-refractivity contribution in [2.45, 2.75) is 12.5 Å². The van der Waals surface area contributed by atoms with Crippen molar-refractivity contribution in [1.82, 2.24) is 15.3 Å². The molecule has 2 heterocycles. The van der Waals surface area contributed by atoms with Gasteiger partial charge < -0.3 is 9.73 Å². The highest BCUT2D eigenvalue weighted by molar-refractivity contribution is 7.09. The zero-order valence-corrected chi connectivity index (χ0v) is 10.8. The molecule has 0 spiro atoms. The van der Waals surface area contributed by atoms with Gasteiger partial charge in [-0.3, -0.25) is 4.98 Å². The highest BCUT2D eigenvalue weighted by Crippen LogP contribution is 2.23. The number of hydrogen-bond acceptors (Lipinski definition) is 5. The largest absolute Gasteiger partial charge is 0.441 e. The third kappa shape index (κ3) is 2.14. The number of nitrogens with one attached hydrogen (secondary N) is 1. The van der Waals surface area contributed by atoms with Crippen molar-refractivity contribution in [3.8, 4) is 0 Å². The quantitative estimate of drug-likeness (QED) is 0.782. The van der Waals surface area contributed by atoms with Crippen molar-refractivity contribution >= 4 is 22.4 Å². The maximum atomic E-state index is 5.73. The Morgan fingerprint density at radius 3 is 3.00 bits per heavy atom. The first-order valence-electron chi connectivity index (χ1n) is 5.77. The van der Waals surface area contributed by atoms with E-state index in [1.54, 1.807) is 11.3 Å². The second-order valence-electron chi connectivity index (χ2n) is 4.02. The second-order valence-corrected chi connectivity index (χ2v) is 4.94. The number of likely N-dealkylation sites (N-methyl/N-ethyl adjacent to an activating group) is 1. The van der Waals surface area contributed by atoms with Crippen molar-refractivity contribution < 1.29 is 4.42 Å². The Morgan fingerprint density at radius 2 is 2.28 bits per heavy atom. The smallest absolute Gasteiger partial charge is 0.197 e. The van der Waals surface area contributed by atoms with E-state index >= 15 is 0 Å². The number of aromatic nitrogens is 2. The van der Waals surface area contributed by atoms with E-state index < -0.39 is 0 Å². The minimum Gasteiger partial charge on any atom is -0.441 e. The van der Waals surface area contributed by atoms with E-state index in [-0.39, 0.29) is 6.04 Å². The summed E-state index contributed by atoms with van der Waals surface area (Å²) in [6.07, 6.45) is 2.61. The molecule has 92 valence electrons. The first-order chi connectivity index (χ1) is 8.86. The maximum Gasteiger partial charge on any atom is 0.197 e. The molecule has 0 aliphatic heterocycles. The Morgan fingerprint density at radius 1 is 1.39 bits per heavy atom. The average molecular weight is 259 g/mol. The summed E-state index contributed by atoms with van der Waals surface area (Å²) in [6, 6.07) is 8.02. The van der Waals surface area contributed by atoms with Gasteiger partial charge in [0.05, 0.1) is 11.6 Å². The van der Waals surface area contributed by atoms with E-state index in [0.29, 0.717) is 0 Å². The number of fused-ring (bicyclic) bond motifs is 1. The molecule has 0 saturated carbocycles.